The molecule has 0 radical (unpaired) electrons. The van der Waals surface area contributed by atoms with Crippen molar-refractivity contribution in [2.24, 2.45) is 5.73 Å². The Morgan fingerprint density at radius 1 is 1.16 bits per heavy atom. The lowest BCUT2D eigenvalue weighted by atomic mass is 9.92. The van der Waals surface area contributed by atoms with Crippen LogP contribution in [-0.2, 0) is 0 Å². The van der Waals surface area contributed by atoms with E-state index in [2.05, 4.69) is 4.74 Å². The van der Waals surface area contributed by atoms with Gasteiger partial charge in [-0.3, -0.25) is 4.79 Å². The van der Waals surface area contributed by atoms with Gasteiger partial charge < -0.3 is 25.0 Å². The van der Waals surface area contributed by atoms with Crippen molar-refractivity contribution in [1.29, 1.82) is 0 Å². The summed E-state index contributed by atoms with van der Waals surface area (Å²) in [5.74, 6) is -5.13. The lowest BCUT2D eigenvalue weighted by molar-refractivity contribution is 0.144. The lowest BCUT2D eigenvalue weighted by Crippen LogP contribution is -2.66. The number of anilines is 1. The van der Waals surface area contributed by atoms with Gasteiger partial charge in [-0.1, -0.05) is 0 Å². The molecule has 0 saturated carbocycles. The molecule has 2 aromatic carbocycles. The highest BCUT2D eigenvalue weighted by Crippen LogP contribution is 2.36. The summed E-state index contributed by atoms with van der Waals surface area (Å²) in [7, 11) is 0. The number of aromatic nitrogens is 1. The second kappa shape index (κ2) is 6.98. The van der Waals surface area contributed by atoms with Gasteiger partial charge in [0, 0.05) is 24.7 Å². The number of benzene rings is 2. The molecule has 1 aromatic heterocycles. The van der Waals surface area contributed by atoms with E-state index in [0.29, 0.717) is 6.07 Å². The SMILES string of the molecule is CC1(N)CN(c2c(F)cc3c(=O)c(OC(=O)O)cn(-c4ccc(F)cc4F)c3c2F)C1. The number of carbonyl (C=O) groups is 1. The number of hydrogen-bond donors (Lipinski definition) is 2. The number of ether oxygens (including phenoxy) is 1. The second-order valence-electron chi connectivity index (χ2n) is 7.58. The van der Waals surface area contributed by atoms with Gasteiger partial charge >= 0.3 is 6.16 Å². The fourth-order valence-corrected chi connectivity index (χ4v) is 3.69. The van der Waals surface area contributed by atoms with Gasteiger partial charge in [-0.2, -0.15) is 0 Å². The Kier molecular flexibility index (Phi) is 4.65. The number of nitrogens with two attached hydrogens (primary N) is 1. The van der Waals surface area contributed by atoms with Crippen LogP contribution in [0.5, 0.6) is 5.75 Å². The topological polar surface area (TPSA) is 97.8 Å². The normalized spacial score (nSPS) is 15.1. The van der Waals surface area contributed by atoms with Gasteiger partial charge in [-0.25, -0.2) is 22.4 Å². The highest BCUT2D eigenvalue weighted by molar-refractivity contribution is 5.87. The number of fused-ring (bicyclic) bond motifs is 1. The maximum Gasteiger partial charge on any atom is 0.511 e. The van der Waals surface area contributed by atoms with Crippen molar-refractivity contribution in [2.45, 2.75) is 12.5 Å². The highest BCUT2D eigenvalue weighted by Gasteiger charge is 2.38. The van der Waals surface area contributed by atoms with Crippen molar-refractivity contribution in [1.82, 2.24) is 4.57 Å². The molecule has 7 nitrogen and oxygen atoms in total. The number of rotatable bonds is 3. The van der Waals surface area contributed by atoms with Gasteiger partial charge in [0.25, 0.3) is 0 Å². The molecular weight excluding hydrogens is 422 g/mol. The maximum atomic E-state index is 15.5. The largest absolute Gasteiger partial charge is 0.511 e. The fourth-order valence-electron chi connectivity index (χ4n) is 3.69. The van der Waals surface area contributed by atoms with Crippen LogP contribution in [0.25, 0.3) is 16.6 Å². The third kappa shape index (κ3) is 3.46. The van der Waals surface area contributed by atoms with E-state index in [-0.39, 0.29) is 13.1 Å². The summed E-state index contributed by atoms with van der Waals surface area (Å²) >= 11 is 0. The number of carboxylic acid groups (broad SMARTS) is 1. The van der Waals surface area contributed by atoms with Crippen molar-refractivity contribution in [2.75, 3.05) is 18.0 Å². The molecule has 0 bridgehead atoms. The minimum atomic E-state index is -1.86. The molecule has 1 fully saturated rings. The molecular formula is C20H15F4N3O4. The summed E-state index contributed by atoms with van der Waals surface area (Å²) in [6, 6.07) is 3.09. The van der Waals surface area contributed by atoms with Crippen LogP contribution in [0.3, 0.4) is 0 Å². The number of nitrogens with zero attached hydrogens (tertiary/aromatic N) is 2. The van der Waals surface area contributed by atoms with Gasteiger partial charge in [-0.05, 0) is 25.1 Å². The Morgan fingerprint density at radius 2 is 1.84 bits per heavy atom. The smallest absolute Gasteiger partial charge is 0.449 e. The zero-order chi connectivity index (χ0) is 22.7. The molecule has 11 heteroatoms. The number of hydrogen-bond acceptors (Lipinski definition) is 5. The lowest BCUT2D eigenvalue weighted by Gasteiger charge is -2.47. The average Bonchev–Trinajstić information content (AvgIpc) is 2.62. The van der Waals surface area contributed by atoms with E-state index >= 15 is 4.39 Å². The van der Waals surface area contributed by atoms with E-state index in [9.17, 15) is 22.8 Å². The minimum Gasteiger partial charge on any atom is -0.449 e. The zero-order valence-electron chi connectivity index (χ0n) is 16.0. The van der Waals surface area contributed by atoms with Gasteiger partial charge in [0.1, 0.15) is 23.1 Å². The minimum absolute atomic E-state index is 0.127. The van der Waals surface area contributed by atoms with Crippen LogP contribution >= 0.6 is 0 Å². The third-order valence-electron chi connectivity index (χ3n) is 4.91. The molecule has 3 N–H and O–H groups in total. The quantitative estimate of drug-likeness (QED) is 0.483. The third-order valence-corrected chi connectivity index (χ3v) is 4.91. The first kappa shape index (κ1) is 20.7. The van der Waals surface area contributed by atoms with Crippen molar-refractivity contribution < 1.29 is 32.2 Å². The van der Waals surface area contributed by atoms with Crippen molar-refractivity contribution in [3.63, 3.8) is 0 Å². The summed E-state index contributed by atoms with van der Waals surface area (Å²) in [5, 5.41) is 8.28. The predicted molar refractivity (Wildman–Crippen MR) is 103 cm³/mol. The molecule has 1 aliphatic heterocycles. The molecule has 2 heterocycles. The van der Waals surface area contributed by atoms with Crippen LogP contribution in [0, 0.1) is 23.3 Å². The summed E-state index contributed by atoms with van der Waals surface area (Å²) < 4.78 is 63.4. The average molecular weight is 437 g/mol. The monoisotopic (exact) mass is 437 g/mol. The molecule has 0 unspecified atom stereocenters. The Balaban J connectivity index is 2.07. The molecule has 162 valence electrons. The zero-order valence-corrected chi connectivity index (χ0v) is 16.0. The van der Waals surface area contributed by atoms with Crippen LogP contribution in [0.2, 0.25) is 0 Å². The van der Waals surface area contributed by atoms with Crippen LogP contribution < -0.4 is 20.8 Å². The van der Waals surface area contributed by atoms with Gasteiger partial charge in [0.05, 0.1) is 22.8 Å². The first-order valence-electron chi connectivity index (χ1n) is 8.96. The summed E-state index contributed by atoms with van der Waals surface area (Å²) in [5.41, 5.74) is 2.70. The molecule has 1 saturated heterocycles. The van der Waals surface area contributed by atoms with Crippen molar-refractivity contribution in [3.8, 4) is 11.4 Å². The van der Waals surface area contributed by atoms with Crippen LogP contribution in [0.1, 0.15) is 6.92 Å². The van der Waals surface area contributed by atoms with E-state index in [1.807, 2.05) is 0 Å². The van der Waals surface area contributed by atoms with Gasteiger partial charge in [0.15, 0.2) is 11.6 Å². The summed E-state index contributed by atoms with van der Waals surface area (Å²) in [4.78, 5) is 24.9. The van der Waals surface area contributed by atoms with E-state index in [1.54, 1.807) is 6.92 Å². The molecule has 1 aliphatic rings. The Hall–Kier alpha value is -3.60. The number of halogens is 4. The molecule has 0 aliphatic carbocycles. The van der Waals surface area contributed by atoms with Crippen LogP contribution in [0.15, 0.2) is 35.3 Å². The van der Waals surface area contributed by atoms with E-state index in [1.165, 1.54) is 4.90 Å². The standard InChI is InChI=1S/C20H15F4N3O4/c1-20(25)7-26(8-20)17-12(23)5-10-16(15(17)24)27(6-14(18(10)28)31-19(29)30)13-3-2-9(21)4-11(13)22/h2-6H,7-8,25H2,1H3,(H,29,30). The van der Waals surface area contributed by atoms with Crippen LogP contribution in [-0.4, -0.2) is 34.5 Å². The fraction of sp³-hybridized carbons (Fsp3) is 0.200. The molecule has 0 spiro atoms. The predicted octanol–water partition coefficient (Wildman–Crippen LogP) is 3.14. The Bertz CT molecular complexity index is 1300. The van der Waals surface area contributed by atoms with Gasteiger partial charge in [0.2, 0.25) is 5.43 Å². The first-order chi connectivity index (χ1) is 14.5. The van der Waals surface area contributed by atoms with E-state index in [4.69, 9.17) is 10.8 Å². The Morgan fingerprint density at radius 3 is 2.42 bits per heavy atom. The van der Waals surface area contributed by atoms with E-state index < -0.39 is 68.4 Å². The molecule has 0 amide bonds. The second-order valence-corrected chi connectivity index (χ2v) is 7.58. The van der Waals surface area contributed by atoms with Crippen molar-refractivity contribution in [3.05, 3.63) is 64.0 Å². The van der Waals surface area contributed by atoms with Crippen LogP contribution in [0.4, 0.5) is 28.0 Å². The summed E-state index contributed by atoms with van der Waals surface area (Å²) in [6.45, 7) is 1.95. The van der Waals surface area contributed by atoms with Crippen molar-refractivity contribution >= 4 is 22.7 Å². The molecule has 3 aromatic rings. The number of pyridine rings is 1. The van der Waals surface area contributed by atoms with Gasteiger partial charge in [-0.15, -0.1) is 0 Å². The molecule has 31 heavy (non-hydrogen) atoms. The summed E-state index contributed by atoms with van der Waals surface area (Å²) in [6.07, 6.45) is -1.11. The highest BCUT2D eigenvalue weighted by atomic mass is 19.1. The first-order valence-corrected chi connectivity index (χ1v) is 8.96. The molecule has 0 atom stereocenters. The Labute approximate surface area is 171 Å². The van der Waals surface area contributed by atoms with E-state index in [0.717, 1.165) is 29.0 Å². The molecule has 4 rings (SSSR count). The maximum absolute atomic E-state index is 15.5.